The van der Waals surface area contributed by atoms with Gasteiger partial charge in [-0.05, 0) is 66.4 Å². The Morgan fingerprint density at radius 3 is 2.49 bits per heavy atom. The highest BCUT2D eigenvalue weighted by Gasteiger charge is 2.19. The average Bonchev–Trinajstić information content (AvgIpc) is 2.81. The largest absolute Gasteiger partial charge is 0.384 e. The first kappa shape index (κ1) is 24.2. The van der Waals surface area contributed by atoms with E-state index in [9.17, 15) is 17.6 Å². The lowest BCUT2D eigenvalue weighted by Crippen LogP contribution is -2.17. The van der Waals surface area contributed by atoms with E-state index in [-0.39, 0.29) is 4.90 Å². The molecular formula is C25H24FN5O3S. The standard InChI is InChI=1S/C25H24FN5O3S/c1-14-7-24(27)31-15(2)20(14)11-21-19(25(28)32)5-6-29-23(21)9-16-3-4-22-17(8-16)10-18(12-30-22)35(33,34)13-26/h3-8,10,12H,9,11,13H2,1-2H3,(H2,27,31)(H2,28,32). The van der Waals surface area contributed by atoms with Crippen molar-refractivity contribution in [2.45, 2.75) is 31.6 Å². The number of amides is 1. The Balaban J connectivity index is 1.78. The lowest BCUT2D eigenvalue weighted by atomic mass is 9.92. The predicted molar refractivity (Wildman–Crippen MR) is 131 cm³/mol. The molecule has 8 nitrogen and oxygen atoms in total. The fourth-order valence-electron chi connectivity index (χ4n) is 4.15. The molecule has 0 aliphatic rings. The summed E-state index contributed by atoms with van der Waals surface area (Å²) in [5.74, 6) is -0.143. The van der Waals surface area contributed by atoms with Crippen LogP contribution in [0.5, 0.6) is 0 Å². The highest BCUT2D eigenvalue weighted by molar-refractivity contribution is 7.91. The van der Waals surface area contributed by atoms with E-state index in [0.29, 0.717) is 46.4 Å². The first-order valence-electron chi connectivity index (χ1n) is 10.8. The van der Waals surface area contributed by atoms with Gasteiger partial charge in [-0.3, -0.25) is 14.8 Å². The topological polar surface area (TPSA) is 142 Å². The Labute approximate surface area is 202 Å². The number of anilines is 1. The van der Waals surface area contributed by atoms with E-state index in [1.807, 2.05) is 19.9 Å². The van der Waals surface area contributed by atoms with Gasteiger partial charge < -0.3 is 11.5 Å². The van der Waals surface area contributed by atoms with Crippen LogP contribution in [-0.2, 0) is 22.7 Å². The van der Waals surface area contributed by atoms with Crippen LogP contribution in [0.25, 0.3) is 10.9 Å². The molecule has 0 spiro atoms. The van der Waals surface area contributed by atoms with Gasteiger partial charge in [0.25, 0.3) is 0 Å². The number of hydrogen-bond donors (Lipinski definition) is 2. The zero-order valence-electron chi connectivity index (χ0n) is 19.2. The molecule has 0 radical (unpaired) electrons. The second-order valence-electron chi connectivity index (χ2n) is 8.35. The van der Waals surface area contributed by atoms with Crippen LogP contribution in [-0.4, -0.2) is 35.3 Å². The van der Waals surface area contributed by atoms with Crippen molar-refractivity contribution in [1.82, 2.24) is 15.0 Å². The molecule has 10 heteroatoms. The van der Waals surface area contributed by atoms with Crippen LogP contribution >= 0.6 is 0 Å². The third-order valence-corrected chi connectivity index (χ3v) is 7.16. The fourth-order valence-corrected chi connectivity index (χ4v) is 4.79. The van der Waals surface area contributed by atoms with Crippen molar-refractivity contribution < 1.29 is 17.6 Å². The third-order valence-electron chi connectivity index (χ3n) is 5.93. The molecule has 0 atom stereocenters. The number of nitrogens with zero attached hydrogens (tertiary/aromatic N) is 3. The Bertz CT molecular complexity index is 1550. The number of benzene rings is 1. The van der Waals surface area contributed by atoms with Crippen molar-refractivity contribution >= 4 is 32.5 Å². The molecule has 1 amide bonds. The quantitative estimate of drug-likeness (QED) is 0.402. The molecular weight excluding hydrogens is 469 g/mol. The van der Waals surface area contributed by atoms with Crippen molar-refractivity contribution in [3.8, 4) is 0 Å². The molecule has 4 N–H and O–H groups in total. The Hall–Kier alpha value is -3.92. The Kier molecular flexibility index (Phi) is 6.49. The number of primary amides is 1. The van der Waals surface area contributed by atoms with E-state index in [4.69, 9.17) is 11.5 Å². The molecule has 4 aromatic rings. The summed E-state index contributed by atoms with van der Waals surface area (Å²) in [7, 11) is -4.04. The van der Waals surface area contributed by atoms with E-state index in [1.54, 1.807) is 24.3 Å². The van der Waals surface area contributed by atoms with Crippen LogP contribution in [0.15, 0.2) is 53.7 Å². The van der Waals surface area contributed by atoms with Crippen LogP contribution in [0.2, 0.25) is 0 Å². The maximum Gasteiger partial charge on any atom is 0.249 e. The summed E-state index contributed by atoms with van der Waals surface area (Å²) in [5, 5.41) is 0.555. The predicted octanol–water partition coefficient (Wildman–Crippen LogP) is 3.21. The zero-order chi connectivity index (χ0) is 25.3. The van der Waals surface area contributed by atoms with Crippen molar-refractivity contribution in [2.24, 2.45) is 5.73 Å². The maximum atomic E-state index is 13.0. The Morgan fingerprint density at radius 2 is 1.80 bits per heavy atom. The number of nitrogen functional groups attached to an aromatic ring is 1. The van der Waals surface area contributed by atoms with Gasteiger partial charge in [-0.2, -0.15) is 0 Å². The van der Waals surface area contributed by atoms with Gasteiger partial charge in [0.2, 0.25) is 15.7 Å². The average molecular weight is 494 g/mol. The number of carbonyl (C=O) groups is 1. The normalized spacial score (nSPS) is 11.6. The van der Waals surface area contributed by atoms with Gasteiger partial charge in [0.05, 0.1) is 10.4 Å². The van der Waals surface area contributed by atoms with E-state index in [0.717, 1.165) is 28.6 Å². The smallest absolute Gasteiger partial charge is 0.249 e. The summed E-state index contributed by atoms with van der Waals surface area (Å²) in [6.45, 7) is 3.79. The molecule has 4 rings (SSSR count). The van der Waals surface area contributed by atoms with Crippen LogP contribution in [0.4, 0.5) is 10.2 Å². The van der Waals surface area contributed by atoms with Gasteiger partial charge in [-0.1, -0.05) is 6.07 Å². The van der Waals surface area contributed by atoms with Gasteiger partial charge in [-0.25, -0.2) is 17.8 Å². The van der Waals surface area contributed by atoms with E-state index in [2.05, 4.69) is 15.0 Å². The lowest BCUT2D eigenvalue weighted by Gasteiger charge is -2.16. The van der Waals surface area contributed by atoms with Crippen molar-refractivity contribution in [3.05, 3.63) is 88.0 Å². The molecule has 0 saturated heterocycles. The van der Waals surface area contributed by atoms with Crippen molar-refractivity contribution in [3.63, 3.8) is 0 Å². The number of carbonyl (C=O) groups excluding carboxylic acids is 1. The molecule has 0 fully saturated rings. The second-order valence-corrected chi connectivity index (χ2v) is 10.3. The Morgan fingerprint density at radius 1 is 1.03 bits per heavy atom. The number of pyridine rings is 3. The van der Waals surface area contributed by atoms with Crippen LogP contribution in [0.3, 0.4) is 0 Å². The van der Waals surface area contributed by atoms with Crippen molar-refractivity contribution in [2.75, 3.05) is 11.7 Å². The molecule has 0 aliphatic carbocycles. The molecule has 1 aromatic carbocycles. The summed E-state index contributed by atoms with van der Waals surface area (Å²) in [6.07, 6.45) is 3.43. The summed E-state index contributed by atoms with van der Waals surface area (Å²) < 4.78 is 36.8. The number of aromatic nitrogens is 3. The molecule has 0 bridgehead atoms. The third kappa shape index (κ3) is 4.97. The fraction of sp³-hybridized carbons (Fsp3) is 0.200. The summed E-state index contributed by atoms with van der Waals surface area (Å²) >= 11 is 0. The second kappa shape index (κ2) is 9.38. The molecule has 0 aliphatic heterocycles. The van der Waals surface area contributed by atoms with E-state index < -0.39 is 21.8 Å². The molecule has 3 aromatic heterocycles. The molecule has 180 valence electrons. The SMILES string of the molecule is Cc1cc(N)nc(C)c1Cc1c(C(N)=O)ccnc1Cc1ccc2ncc(S(=O)(=O)CF)cc2c1. The van der Waals surface area contributed by atoms with Gasteiger partial charge in [0.1, 0.15) is 5.82 Å². The summed E-state index contributed by atoms with van der Waals surface area (Å²) in [6, 6.07) is 8.67. The van der Waals surface area contributed by atoms with Gasteiger partial charge in [-0.15, -0.1) is 0 Å². The number of hydrogen-bond acceptors (Lipinski definition) is 7. The van der Waals surface area contributed by atoms with E-state index in [1.165, 1.54) is 12.3 Å². The minimum absolute atomic E-state index is 0.180. The molecule has 0 unspecified atom stereocenters. The molecule has 0 saturated carbocycles. The lowest BCUT2D eigenvalue weighted by molar-refractivity contribution is 0.0999. The summed E-state index contributed by atoms with van der Waals surface area (Å²) in [5.41, 5.74) is 17.3. The number of rotatable bonds is 7. The first-order chi connectivity index (χ1) is 16.6. The van der Waals surface area contributed by atoms with Crippen LogP contribution in [0.1, 0.15) is 44.0 Å². The molecule has 35 heavy (non-hydrogen) atoms. The van der Waals surface area contributed by atoms with Crippen LogP contribution < -0.4 is 11.5 Å². The number of alkyl halides is 1. The van der Waals surface area contributed by atoms with Gasteiger partial charge in [0, 0.05) is 47.6 Å². The number of aryl methyl sites for hydroxylation is 2. The van der Waals surface area contributed by atoms with Crippen molar-refractivity contribution in [1.29, 1.82) is 0 Å². The number of nitrogens with two attached hydrogens (primary N) is 2. The zero-order valence-corrected chi connectivity index (χ0v) is 20.1. The number of halogens is 1. The van der Waals surface area contributed by atoms with E-state index >= 15 is 0 Å². The maximum absolute atomic E-state index is 13.0. The first-order valence-corrected chi connectivity index (χ1v) is 12.4. The highest BCUT2D eigenvalue weighted by atomic mass is 32.2. The minimum Gasteiger partial charge on any atom is -0.384 e. The summed E-state index contributed by atoms with van der Waals surface area (Å²) in [4.78, 5) is 25.1. The van der Waals surface area contributed by atoms with Gasteiger partial charge >= 0.3 is 0 Å². The highest BCUT2D eigenvalue weighted by Crippen LogP contribution is 2.26. The van der Waals surface area contributed by atoms with Crippen LogP contribution in [0, 0.1) is 13.8 Å². The number of fused-ring (bicyclic) bond motifs is 1. The molecule has 3 heterocycles. The van der Waals surface area contributed by atoms with Gasteiger partial charge in [0.15, 0.2) is 6.01 Å². The monoisotopic (exact) mass is 493 g/mol. The number of sulfone groups is 1. The minimum atomic E-state index is -4.04.